The lowest BCUT2D eigenvalue weighted by Gasteiger charge is -2.24. The number of carbonyl (C=O) groups excluding carboxylic acids is 2. The van der Waals surface area contributed by atoms with E-state index in [4.69, 9.17) is 4.74 Å². The van der Waals surface area contributed by atoms with Gasteiger partial charge in [-0.2, -0.15) is 13.2 Å². The molecule has 14 heteroatoms. The van der Waals surface area contributed by atoms with Crippen molar-refractivity contribution in [2.45, 2.75) is 23.5 Å². The molecule has 1 N–H and O–H groups in total. The molecule has 37 heavy (non-hydrogen) atoms. The average molecular weight is 561 g/mol. The van der Waals surface area contributed by atoms with Crippen molar-refractivity contribution in [3.63, 3.8) is 0 Å². The zero-order chi connectivity index (χ0) is 27.4. The van der Waals surface area contributed by atoms with Gasteiger partial charge in [-0.25, -0.2) is 21.6 Å². The highest BCUT2D eigenvalue weighted by Gasteiger charge is 2.33. The van der Waals surface area contributed by atoms with Gasteiger partial charge in [-0.3, -0.25) is 9.10 Å². The first kappa shape index (κ1) is 28.2. The van der Waals surface area contributed by atoms with Crippen LogP contribution in [0.5, 0.6) is 0 Å². The molecule has 2 aromatic rings. The summed E-state index contributed by atoms with van der Waals surface area (Å²) < 4.78 is 94.7. The molecule has 0 saturated carbocycles. The minimum Gasteiger partial charge on any atom is -0.452 e. The molecule has 1 fully saturated rings. The van der Waals surface area contributed by atoms with E-state index in [0.29, 0.717) is 10.4 Å². The predicted molar refractivity (Wildman–Crippen MR) is 128 cm³/mol. The molecule has 3 rings (SSSR count). The van der Waals surface area contributed by atoms with E-state index < -0.39 is 61.0 Å². The monoisotopic (exact) mass is 560 g/mol. The SMILES string of the molecule is C=CCN(c1cccc(C(F)(F)F)c1)S(=O)(=O)c1cccc(C(=O)OCC(=O)NC2CCS(=O)(=O)C2)c1. The summed E-state index contributed by atoms with van der Waals surface area (Å²) in [7, 11) is -7.66. The van der Waals surface area contributed by atoms with Gasteiger partial charge in [-0.05, 0) is 42.8 Å². The van der Waals surface area contributed by atoms with Crippen molar-refractivity contribution in [1.29, 1.82) is 0 Å². The Bertz CT molecular complexity index is 1410. The average Bonchev–Trinajstić information content (AvgIpc) is 3.18. The lowest BCUT2D eigenvalue weighted by atomic mass is 10.2. The molecule has 9 nitrogen and oxygen atoms in total. The zero-order valence-corrected chi connectivity index (χ0v) is 20.9. The van der Waals surface area contributed by atoms with E-state index in [0.717, 1.165) is 24.3 Å². The Labute approximate surface area is 211 Å². The molecule has 2 aromatic carbocycles. The number of sulfone groups is 1. The van der Waals surface area contributed by atoms with E-state index in [9.17, 15) is 39.6 Å². The highest BCUT2D eigenvalue weighted by atomic mass is 32.2. The van der Waals surface area contributed by atoms with Crippen LogP contribution in [-0.4, -0.2) is 59.4 Å². The molecule has 0 aliphatic carbocycles. The summed E-state index contributed by atoms with van der Waals surface area (Å²) in [5.41, 5.74) is -1.52. The van der Waals surface area contributed by atoms with E-state index in [1.54, 1.807) is 0 Å². The summed E-state index contributed by atoms with van der Waals surface area (Å²) in [6.45, 7) is 2.39. The molecular formula is C23H23F3N2O7S2. The molecule has 0 aromatic heterocycles. The summed E-state index contributed by atoms with van der Waals surface area (Å²) in [4.78, 5) is 24.1. The number of hydrogen-bond donors (Lipinski definition) is 1. The largest absolute Gasteiger partial charge is 0.452 e. The fraction of sp³-hybridized carbons (Fsp3) is 0.304. The Morgan fingerprint density at radius 1 is 1.16 bits per heavy atom. The van der Waals surface area contributed by atoms with Crippen LogP contribution in [0.2, 0.25) is 0 Å². The van der Waals surface area contributed by atoms with Gasteiger partial charge in [0.15, 0.2) is 16.4 Å². The Kier molecular flexibility index (Phi) is 8.32. The molecule has 1 atom stereocenters. The van der Waals surface area contributed by atoms with Crippen LogP contribution in [0.15, 0.2) is 66.1 Å². The van der Waals surface area contributed by atoms with Gasteiger partial charge in [0.2, 0.25) is 0 Å². The van der Waals surface area contributed by atoms with Crippen LogP contribution in [0.3, 0.4) is 0 Å². The summed E-state index contributed by atoms with van der Waals surface area (Å²) in [6, 6.07) is 7.79. The van der Waals surface area contributed by atoms with Crippen molar-refractivity contribution in [1.82, 2.24) is 5.32 Å². The van der Waals surface area contributed by atoms with E-state index in [1.165, 1.54) is 24.3 Å². The fourth-order valence-corrected chi connectivity index (χ4v) is 6.75. The molecule has 0 radical (unpaired) electrons. The number of nitrogens with one attached hydrogen (secondary N) is 1. The second kappa shape index (κ2) is 10.9. The second-order valence-corrected chi connectivity index (χ2v) is 12.2. The number of nitrogens with zero attached hydrogens (tertiary/aromatic N) is 1. The van der Waals surface area contributed by atoms with E-state index in [-0.39, 0.29) is 35.7 Å². The van der Waals surface area contributed by atoms with Crippen molar-refractivity contribution in [2.24, 2.45) is 0 Å². The van der Waals surface area contributed by atoms with Gasteiger partial charge in [0.1, 0.15) is 0 Å². The quantitative estimate of drug-likeness (QED) is 0.369. The smallest absolute Gasteiger partial charge is 0.416 e. The molecule has 1 aliphatic rings. The number of benzene rings is 2. The standard InChI is InChI=1S/C23H23F3N2O7S2/c1-2-10-28(19-7-4-6-17(13-19)23(24,25)26)37(33,34)20-8-3-5-16(12-20)22(30)35-14-21(29)27-18-9-11-36(31,32)15-18/h2-8,12-13,18H,1,9-11,14-15H2,(H,27,29). The third-order valence-electron chi connectivity index (χ3n) is 5.35. The topological polar surface area (TPSA) is 127 Å². The van der Waals surface area contributed by atoms with E-state index in [1.807, 2.05) is 0 Å². The Balaban J connectivity index is 1.76. The summed E-state index contributed by atoms with van der Waals surface area (Å²) in [5.74, 6) is -2.01. The van der Waals surface area contributed by atoms with Gasteiger partial charge in [0.25, 0.3) is 15.9 Å². The van der Waals surface area contributed by atoms with Crippen molar-refractivity contribution in [3.05, 3.63) is 72.3 Å². The molecule has 1 amide bonds. The van der Waals surface area contributed by atoms with Crippen LogP contribution >= 0.6 is 0 Å². The number of ether oxygens (including phenoxy) is 1. The third kappa shape index (κ3) is 7.10. The Morgan fingerprint density at radius 3 is 2.49 bits per heavy atom. The summed E-state index contributed by atoms with van der Waals surface area (Å²) in [5, 5.41) is 2.45. The lowest BCUT2D eigenvalue weighted by Crippen LogP contribution is -2.38. The molecular weight excluding hydrogens is 537 g/mol. The predicted octanol–water partition coefficient (Wildman–Crippen LogP) is 2.55. The fourth-order valence-electron chi connectivity index (χ4n) is 3.60. The van der Waals surface area contributed by atoms with Gasteiger partial charge in [0.05, 0.1) is 39.8 Å². The molecule has 0 spiro atoms. The molecule has 200 valence electrons. The first-order valence-electron chi connectivity index (χ1n) is 10.8. The molecule has 1 heterocycles. The Morgan fingerprint density at radius 2 is 1.86 bits per heavy atom. The number of rotatable bonds is 9. The maximum Gasteiger partial charge on any atom is 0.416 e. The lowest BCUT2D eigenvalue weighted by molar-refractivity contribution is -0.137. The van der Waals surface area contributed by atoms with Crippen molar-refractivity contribution in [3.8, 4) is 0 Å². The zero-order valence-electron chi connectivity index (χ0n) is 19.3. The first-order chi connectivity index (χ1) is 17.2. The van der Waals surface area contributed by atoms with Crippen LogP contribution in [0.25, 0.3) is 0 Å². The van der Waals surface area contributed by atoms with Gasteiger partial charge < -0.3 is 10.1 Å². The van der Waals surface area contributed by atoms with Crippen molar-refractivity contribution < 1.29 is 44.3 Å². The number of hydrogen-bond acceptors (Lipinski definition) is 7. The highest BCUT2D eigenvalue weighted by Crippen LogP contribution is 2.33. The van der Waals surface area contributed by atoms with Crippen LogP contribution in [0, 0.1) is 0 Å². The molecule has 1 aliphatic heterocycles. The van der Waals surface area contributed by atoms with Crippen molar-refractivity contribution >= 4 is 37.4 Å². The van der Waals surface area contributed by atoms with Gasteiger partial charge in [-0.15, -0.1) is 6.58 Å². The number of carbonyl (C=O) groups is 2. The minimum atomic E-state index is -4.69. The molecule has 0 bridgehead atoms. The number of alkyl halides is 3. The first-order valence-corrected chi connectivity index (χ1v) is 14.1. The maximum atomic E-state index is 13.3. The maximum absolute atomic E-state index is 13.3. The second-order valence-electron chi connectivity index (χ2n) is 8.14. The number of halogens is 3. The number of esters is 1. The van der Waals surface area contributed by atoms with E-state index in [2.05, 4.69) is 11.9 Å². The molecule has 1 unspecified atom stereocenters. The number of anilines is 1. The van der Waals surface area contributed by atoms with Crippen LogP contribution in [-0.2, 0) is 35.6 Å². The highest BCUT2D eigenvalue weighted by molar-refractivity contribution is 7.93. The van der Waals surface area contributed by atoms with Crippen LogP contribution in [0.4, 0.5) is 18.9 Å². The van der Waals surface area contributed by atoms with Crippen molar-refractivity contribution in [2.75, 3.05) is 29.0 Å². The van der Waals surface area contributed by atoms with Crippen LogP contribution < -0.4 is 9.62 Å². The normalized spacial score (nSPS) is 17.1. The summed E-state index contributed by atoms with van der Waals surface area (Å²) >= 11 is 0. The number of amides is 1. The Hall–Kier alpha value is -3.39. The van der Waals surface area contributed by atoms with E-state index >= 15 is 0 Å². The van der Waals surface area contributed by atoms with Gasteiger partial charge in [0, 0.05) is 6.04 Å². The summed E-state index contributed by atoms with van der Waals surface area (Å²) in [6.07, 6.45) is -3.25. The van der Waals surface area contributed by atoms with Crippen LogP contribution in [0.1, 0.15) is 22.3 Å². The minimum absolute atomic E-state index is 0.0532. The van der Waals surface area contributed by atoms with Gasteiger partial charge in [-0.1, -0.05) is 18.2 Å². The molecule has 1 saturated heterocycles. The van der Waals surface area contributed by atoms with Gasteiger partial charge >= 0.3 is 12.1 Å². The third-order valence-corrected chi connectivity index (χ3v) is 8.90. The number of sulfonamides is 1.